The molecule has 1 aliphatic rings. The van der Waals surface area contributed by atoms with Crippen LogP contribution in [0.5, 0.6) is 5.75 Å². The van der Waals surface area contributed by atoms with E-state index in [1.54, 1.807) is 0 Å². The van der Waals surface area contributed by atoms with Crippen LogP contribution in [0.2, 0.25) is 0 Å². The van der Waals surface area contributed by atoms with E-state index in [1.807, 2.05) is 41.5 Å². The highest BCUT2D eigenvalue weighted by Gasteiger charge is 2.45. The van der Waals surface area contributed by atoms with Crippen LogP contribution in [-0.4, -0.2) is 68.8 Å². The van der Waals surface area contributed by atoms with Crippen LogP contribution in [0.3, 0.4) is 0 Å². The molecule has 0 radical (unpaired) electrons. The van der Waals surface area contributed by atoms with Crippen LogP contribution in [0, 0.1) is 0 Å². The van der Waals surface area contributed by atoms with Crippen LogP contribution in [0.25, 0.3) is 0 Å². The van der Waals surface area contributed by atoms with Gasteiger partial charge >= 0.3 is 5.97 Å². The molecule has 29 heavy (non-hydrogen) atoms. The Morgan fingerprint density at radius 2 is 1.45 bits per heavy atom. The van der Waals surface area contributed by atoms with E-state index >= 15 is 0 Å². The van der Waals surface area contributed by atoms with Crippen molar-refractivity contribution in [1.82, 2.24) is 0 Å². The smallest absolute Gasteiger partial charge is 0.340 e. The molecule has 1 aromatic carbocycles. The first-order valence-electron chi connectivity index (χ1n) is 9.58. The van der Waals surface area contributed by atoms with E-state index < -0.39 is 54.1 Å². The number of carbonyl (C=O) groups is 1. The first-order valence-corrected chi connectivity index (χ1v) is 9.58. The van der Waals surface area contributed by atoms with E-state index in [2.05, 4.69) is 0 Å². The van der Waals surface area contributed by atoms with Gasteiger partial charge in [-0.05, 0) is 23.0 Å². The number of carbonyl (C=O) groups excluding carboxylic acids is 1. The second kappa shape index (κ2) is 8.20. The van der Waals surface area contributed by atoms with Gasteiger partial charge in [-0.1, -0.05) is 41.5 Å². The topological polar surface area (TPSA) is 137 Å². The summed E-state index contributed by atoms with van der Waals surface area (Å²) in [7, 11) is 0. The van der Waals surface area contributed by atoms with Crippen LogP contribution in [0.4, 0.5) is 0 Å². The quantitative estimate of drug-likeness (QED) is 0.463. The molecule has 0 aromatic heterocycles. The fourth-order valence-corrected chi connectivity index (χ4v) is 3.23. The van der Waals surface area contributed by atoms with E-state index in [0.29, 0.717) is 11.1 Å². The molecule has 1 heterocycles. The summed E-state index contributed by atoms with van der Waals surface area (Å²) in [5.41, 5.74) is 0.360. The fourth-order valence-electron chi connectivity index (χ4n) is 3.23. The monoisotopic (exact) mass is 412 g/mol. The van der Waals surface area contributed by atoms with Crippen molar-refractivity contribution in [3.63, 3.8) is 0 Å². The Balaban J connectivity index is 2.40. The molecule has 164 valence electrons. The molecular formula is C21H32O8. The summed E-state index contributed by atoms with van der Waals surface area (Å²) in [6.07, 6.45) is -7.62. The van der Waals surface area contributed by atoms with Gasteiger partial charge in [-0.25, -0.2) is 4.79 Å². The number of hydrogen-bond donors (Lipinski definition) is 5. The van der Waals surface area contributed by atoms with E-state index in [4.69, 9.17) is 9.47 Å². The Bertz CT molecular complexity index is 709. The summed E-state index contributed by atoms with van der Waals surface area (Å²) in [4.78, 5) is 12.8. The summed E-state index contributed by atoms with van der Waals surface area (Å²) < 4.78 is 10.5. The summed E-state index contributed by atoms with van der Waals surface area (Å²) >= 11 is 0. The number of phenols is 1. The number of hydrogen-bond acceptors (Lipinski definition) is 8. The zero-order valence-corrected chi connectivity index (χ0v) is 17.7. The molecule has 8 heteroatoms. The molecule has 0 bridgehead atoms. The summed E-state index contributed by atoms with van der Waals surface area (Å²) in [6.45, 7) is 10.8. The third-order valence-electron chi connectivity index (χ3n) is 5.03. The van der Waals surface area contributed by atoms with Crippen molar-refractivity contribution in [2.45, 2.75) is 83.1 Å². The number of phenolic OH excluding ortho intramolecular Hbond substituents is 1. The van der Waals surface area contributed by atoms with E-state index in [1.165, 1.54) is 12.1 Å². The maximum atomic E-state index is 12.8. The number of aromatic hydroxyl groups is 1. The fraction of sp³-hybridized carbons (Fsp3) is 0.667. The molecule has 5 N–H and O–H groups in total. The largest absolute Gasteiger partial charge is 0.507 e. The number of aliphatic hydroxyl groups is 4. The third kappa shape index (κ3) is 4.90. The van der Waals surface area contributed by atoms with Gasteiger partial charge in [0.15, 0.2) is 0 Å². The average molecular weight is 412 g/mol. The molecule has 1 fully saturated rings. The zero-order chi connectivity index (χ0) is 22.3. The van der Waals surface area contributed by atoms with Crippen molar-refractivity contribution < 1.29 is 39.8 Å². The van der Waals surface area contributed by atoms with Gasteiger partial charge in [0, 0.05) is 11.1 Å². The van der Waals surface area contributed by atoms with Gasteiger partial charge in [-0.3, -0.25) is 0 Å². The third-order valence-corrected chi connectivity index (χ3v) is 5.03. The second-order valence-corrected chi connectivity index (χ2v) is 9.52. The molecule has 0 spiro atoms. The molecule has 8 nitrogen and oxygen atoms in total. The van der Waals surface area contributed by atoms with Crippen molar-refractivity contribution in [3.8, 4) is 5.75 Å². The van der Waals surface area contributed by atoms with Crippen LogP contribution in [-0.2, 0) is 20.3 Å². The minimum atomic E-state index is -1.68. The van der Waals surface area contributed by atoms with Gasteiger partial charge in [0.1, 0.15) is 30.2 Å². The van der Waals surface area contributed by atoms with Crippen LogP contribution in [0.15, 0.2) is 12.1 Å². The minimum Gasteiger partial charge on any atom is -0.507 e. The van der Waals surface area contributed by atoms with E-state index in [0.717, 1.165) is 0 Å². The highest BCUT2D eigenvalue weighted by Crippen LogP contribution is 2.40. The van der Waals surface area contributed by atoms with Crippen LogP contribution >= 0.6 is 0 Å². The number of rotatable bonds is 3. The normalized spacial score (nSPS) is 28.3. The number of esters is 1. The number of benzene rings is 1. The Labute approximate surface area is 170 Å². The number of ether oxygens (including phenoxy) is 2. The summed E-state index contributed by atoms with van der Waals surface area (Å²) in [5.74, 6) is -0.722. The maximum absolute atomic E-state index is 12.8. The standard InChI is InChI=1S/C21H32O8/c1-20(2,3)11-7-10(8-12(14(11)23)21(4,5)6)18(27)29-19-17(26)16(25)15(24)13(9-22)28-19/h7-8,13,15-17,19,22-26H,9H2,1-6H3/t13-,15-,16+,17-,19+/m1/s1. The molecule has 2 rings (SSSR count). The summed E-state index contributed by atoms with van der Waals surface area (Å²) in [5, 5.41) is 49.8. The molecule has 1 aromatic rings. The van der Waals surface area contributed by atoms with Crippen molar-refractivity contribution in [2.75, 3.05) is 6.61 Å². The highest BCUT2D eigenvalue weighted by atomic mass is 16.7. The first-order chi connectivity index (χ1) is 13.2. The molecule has 5 atom stereocenters. The zero-order valence-electron chi connectivity index (χ0n) is 17.7. The maximum Gasteiger partial charge on any atom is 0.340 e. The lowest BCUT2D eigenvalue weighted by Crippen LogP contribution is -2.59. The van der Waals surface area contributed by atoms with Crippen LogP contribution in [0.1, 0.15) is 63.0 Å². The summed E-state index contributed by atoms with van der Waals surface area (Å²) in [6, 6.07) is 3.05. The number of aliphatic hydroxyl groups excluding tert-OH is 4. The van der Waals surface area contributed by atoms with Gasteiger partial charge in [0.25, 0.3) is 0 Å². The average Bonchev–Trinajstić information content (AvgIpc) is 2.60. The highest BCUT2D eigenvalue weighted by molar-refractivity contribution is 5.90. The van der Waals surface area contributed by atoms with Crippen molar-refractivity contribution in [1.29, 1.82) is 0 Å². The van der Waals surface area contributed by atoms with Gasteiger partial charge in [0.2, 0.25) is 6.29 Å². The molecule has 0 amide bonds. The van der Waals surface area contributed by atoms with E-state index in [-0.39, 0.29) is 11.3 Å². The lowest BCUT2D eigenvalue weighted by molar-refractivity contribution is -0.285. The van der Waals surface area contributed by atoms with Gasteiger partial charge in [-0.15, -0.1) is 0 Å². The lowest BCUT2D eigenvalue weighted by Gasteiger charge is -2.39. The van der Waals surface area contributed by atoms with Gasteiger partial charge < -0.3 is 35.0 Å². The molecule has 0 unspecified atom stereocenters. The second-order valence-electron chi connectivity index (χ2n) is 9.52. The Morgan fingerprint density at radius 1 is 0.966 bits per heavy atom. The Hall–Kier alpha value is -1.71. The SMILES string of the molecule is CC(C)(C)c1cc(C(=O)O[C@@H]2O[C@H](CO)[C@@H](O)[C@H](O)[C@H]2O)cc(C(C)(C)C)c1O. The van der Waals surface area contributed by atoms with Gasteiger partial charge in [0.05, 0.1) is 12.2 Å². The molecule has 1 aliphatic heterocycles. The van der Waals surface area contributed by atoms with Crippen molar-refractivity contribution >= 4 is 5.97 Å². The lowest BCUT2D eigenvalue weighted by atomic mass is 9.78. The van der Waals surface area contributed by atoms with Crippen molar-refractivity contribution in [2.24, 2.45) is 0 Å². The Morgan fingerprint density at radius 3 is 1.86 bits per heavy atom. The predicted octanol–water partition coefficient (Wildman–Crippen LogP) is 0.944. The minimum absolute atomic E-state index is 0.106. The first kappa shape index (κ1) is 23.6. The van der Waals surface area contributed by atoms with Crippen LogP contribution < -0.4 is 0 Å². The predicted molar refractivity (Wildman–Crippen MR) is 105 cm³/mol. The molecule has 1 saturated heterocycles. The van der Waals surface area contributed by atoms with Gasteiger partial charge in [-0.2, -0.15) is 0 Å². The molecule has 0 aliphatic carbocycles. The molecule has 0 saturated carbocycles. The van der Waals surface area contributed by atoms with E-state index in [9.17, 15) is 30.3 Å². The molecular weight excluding hydrogens is 380 g/mol. The Kier molecular flexibility index (Phi) is 6.66. The van der Waals surface area contributed by atoms with Crippen molar-refractivity contribution in [3.05, 3.63) is 28.8 Å².